The van der Waals surface area contributed by atoms with Crippen molar-refractivity contribution in [1.82, 2.24) is 9.97 Å². The van der Waals surface area contributed by atoms with E-state index in [1.54, 1.807) is 60.7 Å². The molecule has 4 nitrogen and oxygen atoms in total. The van der Waals surface area contributed by atoms with Gasteiger partial charge in [-0.1, -0.05) is 29.8 Å². The number of benzene rings is 3. The number of imidazole rings is 1. The van der Waals surface area contributed by atoms with Crippen LogP contribution in [0.5, 0.6) is 0 Å². The van der Waals surface area contributed by atoms with Crippen LogP contribution in [0.1, 0.15) is 10.4 Å². The van der Waals surface area contributed by atoms with Crippen molar-refractivity contribution < 1.29 is 9.18 Å². The molecule has 1 aromatic heterocycles. The van der Waals surface area contributed by atoms with E-state index < -0.39 is 0 Å². The van der Waals surface area contributed by atoms with Gasteiger partial charge in [0.2, 0.25) is 0 Å². The molecule has 26 heavy (non-hydrogen) atoms. The molecule has 3 aromatic carbocycles. The van der Waals surface area contributed by atoms with Gasteiger partial charge < -0.3 is 10.3 Å². The second kappa shape index (κ2) is 6.61. The van der Waals surface area contributed by atoms with Crippen LogP contribution in [-0.2, 0) is 0 Å². The third-order valence-electron chi connectivity index (χ3n) is 3.96. The van der Waals surface area contributed by atoms with Gasteiger partial charge in [0.1, 0.15) is 11.6 Å². The number of amides is 1. The number of aromatic nitrogens is 2. The first-order chi connectivity index (χ1) is 12.6. The minimum atomic E-state index is -0.356. The van der Waals surface area contributed by atoms with E-state index in [1.165, 1.54) is 6.07 Å². The number of hydrogen-bond acceptors (Lipinski definition) is 2. The third-order valence-corrected chi connectivity index (χ3v) is 4.19. The molecule has 0 fully saturated rings. The summed E-state index contributed by atoms with van der Waals surface area (Å²) in [5, 5.41) is 3.34. The quantitative estimate of drug-likeness (QED) is 0.519. The highest BCUT2D eigenvalue weighted by atomic mass is 35.5. The van der Waals surface area contributed by atoms with Crippen LogP contribution in [0.2, 0.25) is 5.02 Å². The molecular weight excluding hydrogens is 353 g/mol. The average Bonchev–Trinajstić information content (AvgIpc) is 3.05. The fraction of sp³-hybridized carbons (Fsp3) is 0. The van der Waals surface area contributed by atoms with E-state index in [9.17, 15) is 9.18 Å². The van der Waals surface area contributed by atoms with Crippen LogP contribution in [0.25, 0.3) is 22.4 Å². The summed E-state index contributed by atoms with van der Waals surface area (Å²) in [5.74, 6) is -0.202. The summed E-state index contributed by atoms with van der Waals surface area (Å²) in [6, 6.07) is 18.4. The number of H-pyrrole nitrogens is 1. The maximum atomic E-state index is 14.0. The van der Waals surface area contributed by atoms with Crippen LogP contribution in [-0.4, -0.2) is 15.9 Å². The van der Waals surface area contributed by atoms with Crippen molar-refractivity contribution >= 4 is 34.2 Å². The molecule has 0 spiro atoms. The first kappa shape index (κ1) is 16.3. The lowest BCUT2D eigenvalue weighted by molar-refractivity contribution is 0.102. The number of rotatable bonds is 3. The van der Waals surface area contributed by atoms with Gasteiger partial charge in [0.15, 0.2) is 0 Å². The Morgan fingerprint density at radius 2 is 1.88 bits per heavy atom. The van der Waals surface area contributed by atoms with Crippen molar-refractivity contribution in [3.63, 3.8) is 0 Å². The summed E-state index contributed by atoms with van der Waals surface area (Å²) in [6.45, 7) is 0. The second-order valence-corrected chi connectivity index (χ2v) is 6.20. The first-order valence-electron chi connectivity index (χ1n) is 7.92. The molecule has 1 heterocycles. The predicted octanol–water partition coefficient (Wildman–Crippen LogP) is 5.27. The third kappa shape index (κ3) is 3.17. The highest BCUT2D eigenvalue weighted by Crippen LogP contribution is 2.24. The second-order valence-electron chi connectivity index (χ2n) is 5.76. The van der Waals surface area contributed by atoms with Crippen LogP contribution in [0.3, 0.4) is 0 Å². The highest BCUT2D eigenvalue weighted by Gasteiger charge is 2.12. The Kier molecular flexibility index (Phi) is 4.14. The lowest BCUT2D eigenvalue weighted by Gasteiger charge is -2.05. The Hall–Kier alpha value is -3.18. The molecule has 0 aliphatic heterocycles. The number of nitrogens with one attached hydrogen (secondary N) is 2. The van der Waals surface area contributed by atoms with E-state index >= 15 is 0 Å². The van der Waals surface area contributed by atoms with E-state index in [2.05, 4.69) is 15.3 Å². The van der Waals surface area contributed by atoms with E-state index in [0.717, 1.165) is 0 Å². The Balaban J connectivity index is 1.65. The summed E-state index contributed by atoms with van der Waals surface area (Å²) >= 11 is 5.93. The van der Waals surface area contributed by atoms with Gasteiger partial charge in [0.05, 0.1) is 16.6 Å². The molecule has 0 aliphatic carbocycles. The number of anilines is 1. The zero-order valence-electron chi connectivity index (χ0n) is 13.5. The predicted molar refractivity (Wildman–Crippen MR) is 101 cm³/mol. The Morgan fingerprint density at radius 1 is 1.04 bits per heavy atom. The van der Waals surface area contributed by atoms with Crippen molar-refractivity contribution in [1.29, 1.82) is 0 Å². The van der Waals surface area contributed by atoms with Gasteiger partial charge >= 0.3 is 0 Å². The van der Waals surface area contributed by atoms with Crippen LogP contribution in [0.4, 0.5) is 10.1 Å². The molecule has 0 radical (unpaired) electrons. The van der Waals surface area contributed by atoms with Crippen molar-refractivity contribution in [2.75, 3.05) is 5.32 Å². The highest BCUT2D eigenvalue weighted by molar-refractivity contribution is 6.31. The number of aromatic amines is 1. The molecule has 0 bridgehead atoms. The van der Waals surface area contributed by atoms with Gasteiger partial charge in [-0.15, -0.1) is 0 Å². The molecule has 6 heteroatoms. The summed E-state index contributed by atoms with van der Waals surface area (Å²) in [5.41, 5.74) is 2.76. The van der Waals surface area contributed by atoms with Crippen molar-refractivity contribution in [3.8, 4) is 11.4 Å². The topological polar surface area (TPSA) is 57.8 Å². The lowest BCUT2D eigenvalue weighted by atomic mass is 10.2. The van der Waals surface area contributed by atoms with Gasteiger partial charge in [0, 0.05) is 16.3 Å². The van der Waals surface area contributed by atoms with Crippen molar-refractivity contribution in [3.05, 3.63) is 83.1 Å². The summed E-state index contributed by atoms with van der Waals surface area (Å²) in [6.07, 6.45) is 0. The molecule has 1 amide bonds. The maximum Gasteiger partial charge on any atom is 0.255 e. The van der Waals surface area contributed by atoms with E-state index in [0.29, 0.717) is 38.7 Å². The fourth-order valence-corrected chi connectivity index (χ4v) is 2.89. The molecule has 128 valence electrons. The van der Waals surface area contributed by atoms with E-state index in [4.69, 9.17) is 11.6 Å². The number of halogens is 2. The molecule has 0 saturated heterocycles. The van der Waals surface area contributed by atoms with Crippen LogP contribution in [0.15, 0.2) is 66.7 Å². The van der Waals surface area contributed by atoms with Gasteiger partial charge in [-0.05, 0) is 48.5 Å². The summed E-state index contributed by atoms with van der Waals surface area (Å²) in [7, 11) is 0. The van der Waals surface area contributed by atoms with Gasteiger partial charge in [-0.2, -0.15) is 0 Å². The summed E-state index contributed by atoms with van der Waals surface area (Å²) in [4.78, 5) is 19.9. The van der Waals surface area contributed by atoms with Crippen molar-refractivity contribution in [2.45, 2.75) is 0 Å². The first-order valence-corrected chi connectivity index (χ1v) is 8.29. The smallest absolute Gasteiger partial charge is 0.255 e. The maximum absolute atomic E-state index is 14.0. The van der Waals surface area contributed by atoms with E-state index in [-0.39, 0.29) is 11.7 Å². The number of carbonyl (C=O) groups is 1. The number of fused-ring (bicyclic) bond motifs is 1. The molecule has 0 saturated carbocycles. The minimum Gasteiger partial charge on any atom is -0.338 e. The SMILES string of the molecule is O=C(Nc1cccc(Cl)c1)c1ccc2nc(-c3ccccc3F)[nH]c2c1. The van der Waals surface area contributed by atoms with Gasteiger partial charge in [-0.25, -0.2) is 9.37 Å². The molecule has 2 N–H and O–H groups in total. The average molecular weight is 366 g/mol. The normalized spacial score (nSPS) is 10.8. The standard InChI is InChI=1S/C20H13ClFN3O/c21-13-4-3-5-14(11-13)23-20(26)12-8-9-17-18(10-12)25-19(24-17)15-6-1-2-7-16(15)22/h1-11H,(H,23,26)(H,24,25). The zero-order valence-corrected chi connectivity index (χ0v) is 14.2. The molecule has 0 aliphatic rings. The molecular formula is C20H13ClFN3O. The van der Waals surface area contributed by atoms with Crippen LogP contribution < -0.4 is 5.32 Å². The molecule has 0 atom stereocenters. The Bertz CT molecular complexity index is 1120. The number of hydrogen-bond donors (Lipinski definition) is 2. The fourth-order valence-electron chi connectivity index (χ4n) is 2.70. The Labute approximate surface area is 153 Å². The van der Waals surface area contributed by atoms with Gasteiger partial charge in [0.25, 0.3) is 5.91 Å². The minimum absolute atomic E-state index is 0.267. The number of nitrogens with zero attached hydrogens (tertiary/aromatic N) is 1. The van der Waals surface area contributed by atoms with Gasteiger partial charge in [-0.3, -0.25) is 4.79 Å². The summed E-state index contributed by atoms with van der Waals surface area (Å²) < 4.78 is 14.0. The van der Waals surface area contributed by atoms with Crippen LogP contribution in [0, 0.1) is 5.82 Å². The van der Waals surface area contributed by atoms with Crippen molar-refractivity contribution in [2.24, 2.45) is 0 Å². The zero-order chi connectivity index (χ0) is 18.1. The molecule has 4 aromatic rings. The lowest BCUT2D eigenvalue weighted by Crippen LogP contribution is -2.11. The monoisotopic (exact) mass is 365 g/mol. The molecule has 0 unspecified atom stereocenters. The Morgan fingerprint density at radius 3 is 2.69 bits per heavy atom. The largest absolute Gasteiger partial charge is 0.338 e. The molecule has 4 rings (SSSR count). The van der Waals surface area contributed by atoms with E-state index in [1.807, 2.05) is 0 Å². The number of carbonyl (C=O) groups excluding carboxylic acids is 1. The van der Waals surface area contributed by atoms with Crippen LogP contribution >= 0.6 is 11.6 Å².